The van der Waals surface area contributed by atoms with Crippen molar-refractivity contribution in [1.82, 2.24) is 0 Å². The topological polar surface area (TPSA) is 118 Å². The molecule has 0 bridgehead atoms. The van der Waals surface area contributed by atoms with Crippen LogP contribution in [0.4, 0.5) is 0 Å². The van der Waals surface area contributed by atoms with Crippen LogP contribution in [0.1, 0.15) is 107 Å². The molecular weight excluding hydrogens is 474 g/mol. The Hall–Kier alpha value is -1.80. The zero-order chi connectivity index (χ0) is 26.4. The van der Waals surface area contributed by atoms with Gasteiger partial charge in [0.2, 0.25) is 0 Å². The Balaban J connectivity index is 1.86. The first-order valence-corrected chi connectivity index (χ1v) is 15.2. The van der Waals surface area contributed by atoms with Crippen molar-refractivity contribution in [2.75, 3.05) is 0 Å². The van der Waals surface area contributed by atoms with Gasteiger partial charge in [0.25, 0.3) is 10.1 Å². The number of aliphatic hydroxyl groups is 1. The maximum absolute atomic E-state index is 13.3. The summed E-state index contributed by atoms with van der Waals surface area (Å²) in [5, 5.41) is 10.6. The highest BCUT2D eigenvalue weighted by atomic mass is 32.2. The van der Waals surface area contributed by atoms with Gasteiger partial charge in [0.15, 0.2) is 5.78 Å². The lowest BCUT2D eigenvalue weighted by molar-refractivity contribution is 0.0674. The molecule has 2 rings (SSSR count). The van der Waals surface area contributed by atoms with Gasteiger partial charge in [0, 0.05) is 5.56 Å². The molecule has 0 aliphatic heterocycles. The quantitative estimate of drug-likeness (QED) is 0.0827. The molecule has 0 aliphatic rings. The number of carbonyl (C=O) groups excluding carboxylic acids is 1. The van der Waals surface area contributed by atoms with Crippen molar-refractivity contribution < 1.29 is 22.9 Å². The zero-order valence-electron chi connectivity index (χ0n) is 21.8. The molecule has 7 heteroatoms. The van der Waals surface area contributed by atoms with E-state index in [1.807, 2.05) is 30.3 Å². The van der Waals surface area contributed by atoms with Gasteiger partial charge in [-0.2, -0.15) is 8.42 Å². The van der Waals surface area contributed by atoms with E-state index in [1.54, 1.807) is 12.1 Å². The van der Waals surface area contributed by atoms with E-state index < -0.39 is 33.3 Å². The molecule has 0 radical (unpaired) electrons. The van der Waals surface area contributed by atoms with Gasteiger partial charge in [-0.05, 0) is 23.6 Å². The van der Waals surface area contributed by atoms with E-state index in [4.69, 9.17) is 5.73 Å². The summed E-state index contributed by atoms with van der Waals surface area (Å²) in [7, 11) is -4.39. The number of unbranched alkanes of at least 4 members (excludes halogenated alkanes) is 11. The molecule has 0 aromatic heterocycles. The average molecular weight is 520 g/mol. The number of ketones is 1. The molecule has 0 fully saturated rings. The molecular formula is C29H45NO5S. The van der Waals surface area contributed by atoms with Crippen LogP contribution in [0.15, 0.2) is 42.5 Å². The van der Waals surface area contributed by atoms with E-state index in [0.717, 1.165) is 30.0 Å². The minimum Gasteiger partial charge on any atom is -0.378 e. The van der Waals surface area contributed by atoms with E-state index in [2.05, 4.69) is 6.92 Å². The molecule has 202 valence electrons. The number of rotatable bonds is 19. The summed E-state index contributed by atoms with van der Waals surface area (Å²) in [6, 6.07) is 12.7. The van der Waals surface area contributed by atoms with E-state index in [1.165, 1.54) is 51.4 Å². The summed E-state index contributed by atoms with van der Waals surface area (Å²) in [6.45, 7) is 2.23. The fourth-order valence-electron chi connectivity index (χ4n) is 4.93. The molecule has 0 amide bonds. The van der Waals surface area contributed by atoms with Crippen LogP contribution in [-0.4, -0.2) is 35.3 Å². The van der Waals surface area contributed by atoms with Gasteiger partial charge in [0.1, 0.15) is 6.23 Å². The summed E-state index contributed by atoms with van der Waals surface area (Å²) < 4.78 is 34.1. The molecule has 2 aromatic carbocycles. The third kappa shape index (κ3) is 10.3. The van der Waals surface area contributed by atoms with Gasteiger partial charge in [-0.3, -0.25) is 9.35 Å². The molecule has 36 heavy (non-hydrogen) atoms. The zero-order valence-corrected chi connectivity index (χ0v) is 22.6. The highest BCUT2D eigenvalue weighted by molar-refractivity contribution is 7.86. The largest absolute Gasteiger partial charge is 0.378 e. The molecule has 3 unspecified atom stereocenters. The molecule has 0 saturated heterocycles. The first kappa shape index (κ1) is 30.4. The second kappa shape index (κ2) is 16.1. The van der Waals surface area contributed by atoms with Crippen molar-refractivity contribution >= 4 is 26.7 Å². The normalized spacial score (nSPS) is 14.6. The lowest BCUT2D eigenvalue weighted by atomic mass is 9.88. The monoisotopic (exact) mass is 519 g/mol. The summed E-state index contributed by atoms with van der Waals surface area (Å²) in [4.78, 5) is 13.3. The Morgan fingerprint density at radius 1 is 0.833 bits per heavy atom. The van der Waals surface area contributed by atoms with Crippen molar-refractivity contribution in [2.45, 2.75) is 108 Å². The molecule has 3 atom stereocenters. The number of Topliss-reactive ketones (excluding diaryl/α,β-unsaturated/α-hetero) is 1. The number of hydrogen-bond donors (Lipinski definition) is 3. The maximum Gasteiger partial charge on any atom is 0.267 e. The fourth-order valence-corrected chi connectivity index (χ4v) is 5.84. The predicted octanol–water partition coefficient (Wildman–Crippen LogP) is 6.65. The lowest BCUT2D eigenvalue weighted by Crippen LogP contribution is -2.39. The molecule has 0 aliphatic carbocycles. The molecule has 6 nitrogen and oxygen atoms in total. The summed E-state index contributed by atoms with van der Waals surface area (Å²) in [5.74, 6) is -1.54. The van der Waals surface area contributed by atoms with Crippen molar-refractivity contribution in [2.24, 2.45) is 11.7 Å². The fraction of sp³-hybridized carbons (Fsp3) is 0.621. The summed E-state index contributed by atoms with van der Waals surface area (Å²) >= 11 is 0. The second-order valence-corrected chi connectivity index (χ2v) is 11.7. The highest BCUT2D eigenvalue weighted by Crippen LogP contribution is 2.27. The van der Waals surface area contributed by atoms with Crippen LogP contribution in [0.25, 0.3) is 10.8 Å². The first-order valence-electron chi connectivity index (χ1n) is 13.7. The van der Waals surface area contributed by atoms with Crippen molar-refractivity contribution in [3.63, 3.8) is 0 Å². The van der Waals surface area contributed by atoms with Crippen LogP contribution in [0.2, 0.25) is 0 Å². The minimum atomic E-state index is -4.39. The van der Waals surface area contributed by atoms with Crippen molar-refractivity contribution in [3.8, 4) is 0 Å². The van der Waals surface area contributed by atoms with Gasteiger partial charge in [-0.25, -0.2) is 0 Å². The minimum absolute atomic E-state index is 0.212. The Morgan fingerprint density at radius 2 is 1.36 bits per heavy atom. The van der Waals surface area contributed by atoms with Crippen molar-refractivity contribution in [3.05, 3.63) is 48.0 Å². The molecule has 0 spiro atoms. The average Bonchev–Trinajstić information content (AvgIpc) is 2.84. The van der Waals surface area contributed by atoms with Crippen LogP contribution in [0, 0.1) is 5.92 Å². The molecule has 4 N–H and O–H groups in total. The highest BCUT2D eigenvalue weighted by Gasteiger charge is 2.34. The Morgan fingerprint density at radius 3 is 1.92 bits per heavy atom. The SMILES string of the molecule is CCCCCCCCCCCCCCC(CC(C(=O)c1cccc2ccccc12)C(N)O)S(=O)(=O)O. The van der Waals surface area contributed by atoms with E-state index in [0.29, 0.717) is 12.0 Å². The van der Waals surface area contributed by atoms with Crippen LogP contribution < -0.4 is 5.73 Å². The summed E-state index contributed by atoms with van der Waals surface area (Å²) in [6.07, 6.45) is 12.4. The number of benzene rings is 2. The van der Waals surface area contributed by atoms with Gasteiger partial charge in [-0.1, -0.05) is 126 Å². The molecule has 0 saturated carbocycles. The van der Waals surface area contributed by atoms with Crippen LogP contribution >= 0.6 is 0 Å². The van der Waals surface area contributed by atoms with Gasteiger partial charge in [0.05, 0.1) is 11.2 Å². The number of carbonyl (C=O) groups is 1. The maximum atomic E-state index is 13.3. The summed E-state index contributed by atoms with van der Waals surface area (Å²) in [5.41, 5.74) is 6.13. The Bertz CT molecular complexity index is 1020. The predicted molar refractivity (Wildman–Crippen MR) is 148 cm³/mol. The van der Waals surface area contributed by atoms with Gasteiger partial charge in [-0.15, -0.1) is 0 Å². The van der Waals surface area contributed by atoms with E-state index in [9.17, 15) is 22.9 Å². The molecule has 0 heterocycles. The number of hydrogen-bond acceptors (Lipinski definition) is 5. The Labute approximate surface area is 217 Å². The second-order valence-electron chi connectivity index (χ2n) is 10.0. The number of aliphatic hydroxyl groups excluding tert-OH is 1. The van der Waals surface area contributed by atoms with E-state index >= 15 is 0 Å². The Kier molecular flexibility index (Phi) is 13.6. The third-order valence-electron chi connectivity index (χ3n) is 7.12. The number of nitrogens with two attached hydrogens (primary N) is 1. The first-order chi connectivity index (χ1) is 17.3. The smallest absolute Gasteiger partial charge is 0.267 e. The standard InChI is InChI=1S/C29H45NO5S/c1-2-3-4-5-6-7-8-9-10-11-12-13-19-24(36(33,34)35)22-27(29(30)32)28(31)26-21-16-18-23-17-14-15-20-25(23)26/h14-18,20-21,24,27,29,32H,2-13,19,22,30H2,1H3,(H,33,34,35). The van der Waals surface area contributed by atoms with Crippen LogP contribution in [-0.2, 0) is 10.1 Å². The third-order valence-corrected chi connectivity index (χ3v) is 8.39. The van der Waals surface area contributed by atoms with Crippen molar-refractivity contribution in [1.29, 1.82) is 0 Å². The number of fused-ring (bicyclic) bond motifs is 1. The van der Waals surface area contributed by atoms with E-state index in [-0.39, 0.29) is 12.8 Å². The molecule has 2 aromatic rings. The van der Waals surface area contributed by atoms with Crippen LogP contribution in [0.5, 0.6) is 0 Å². The van der Waals surface area contributed by atoms with Crippen LogP contribution in [0.3, 0.4) is 0 Å². The van der Waals surface area contributed by atoms with Gasteiger partial charge < -0.3 is 10.8 Å². The lowest BCUT2D eigenvalue weighted by Gasteiger charge is -2.23. The van der Waals surface area contributed by atoms with Gasteiger partial charge >= 0.3 is 0 Å².